The van der Waals surface area contributed by atoms with Crippen LogP contribution in [-0.2, 0) is 0 Å². The van der Waals surface area contributed by atoms with E-state index < -0.39 is 0 Å². The first-order valence-electron chi connectivity index (χ1n) is 4.33. The Kier molecular flexibility index (Phi) is 2.22. The number of carbonyl (C=O) groups is 1. The normalized spacial score (nSPS) is 18.5. The second-order valence-electron chi connectivity index (χ2n) is 4.07. The van der Waals surface area contributed by atoms with Gasteiger partial charge >= 0.3 is 6.03 Å². The van der Waals surface area contributed by atoms with Crippen molar-refractivity contribution in [2.45, 2.75) is 39.7 Å². The maximum absolute atomic E-state index is 11.3. The first-order valence-corrected chi connectivity index (χ1v) is 4.33. The Bertz CT molecular complexity index is 225. The van der Waals surface area contributed by atoms with E-state index in [9.17, 15) is 4.79 Å². The molecule has 3 heteroatoms. The van der Waals surface area contributed by atoms with E-state index in [4.69, 9.17) is 0 Å². The minimum absolute atomic E-state index is 0.0839. The van der Waals surface area contributed by atoms with Crippen LogP contribution in [0.2, 0.25) is 0 Å². The Morgan fingerprint density at radius 2 is 2.08 bits per heavy atom. The van der Waals surface area contributed by atoms with Gasteiger partial charge in [-0.15, -0.1) is 0 Å². The predicted octanol–water partition coefficient (Wildman–Crippen LogP) is 2.07. The Balaban J connectivity index is 2.72. The fourth-order valence-electron chi connectivity index (χ4n) is 1.20. The third-order valence-corrected chi connectivity index (χ3v) is 2.04. The van der Waals surface area contributed by atoms with Gasteiger partial charge in [0.1, 0.15) is 0 Å². The van der Waals surface area contributed by atoms with E-state index in [-0.39, 0.29) is 11.6 Å². The Hall–Kier alpha value is -0.860. The number of urea groups is 1. The summed E-state index contributed by atoms with van der Waals surface area (Å²) in [6.45, 7) is 8.81. The first-order chi connectivity index (χ1) is 5.45. The van der Waals surface area contributed by atoms with Crippen molar-refractivity contribution in [3.05, 3.63) is 0 Å². The lowest BCUT2D eigenvalue weighted by molar-refractivity contribution is 0.173. The molecule has 0 saturated carbocycles. The summed E-state index contributed by atoms with van der Waals surface area (Å²) in [5.41, 5.74) is 0.896. The number of hydrogen-bond donors (Lipinski definition) is 0. The van der Waals surface area contributed by atoms with E-state index in [2.05, 4.69) is 4.99 Å². The molecule has 0 atom stereocenters. The van der Waals surface area contributed by atoms with Crippen molar-refractivity contribution in [2.75, 3.05) is 6.54 Å². The van der Waals surface area contributed by atoms with Gasteiger partial charge in [-0.3, -0.25) is 0 Å². The van der Waals surface area contributed by atoms with Gasteiger partial charge in [0.15, 0.2) is 0 Å². The van der Waals surface area contributed by atoms with E-state index in [1.54, 1.807) is 4.90 Å². The zero-order valence-electron chi connectivity index (χ0n) is 8.22. The molecule has 0 aliphatic carbocycles. The summed E-state index contributed by atoms with van der Waals surface area (Å²) in [6.07, 6.45) is 0.873. The fourth-order valence-corrected chi connectivity index (χ4v) is 1.20. The summed E-state index contributed by atoms with van der Waals surface area (Å²) in [5, 5.41) is 0. The van der Waals surface area contributed by atoms with Crippen LogP contribution in [-0.4, -0.2) is 28.7 Å². The number of rotatable bonds is 1. The molecule has 0 fully saturated rings. The number of hydrogen-bond acceptors (Lipinski definition) is 1. The van der Waals surface area contributed by atoms with Gasteiger partial charge in [0.05, 0.1) is 6.54 Å². The van der Waals surface area contributed by atoms with Crippen LogP contribution < -0.4 is 0 Å². The van der Waals surface area contributed by atoms with Gasteiger partial charge in [0, 0.05) is 11.3 Å². The van der Waals surface area contributed by atoms with Gasteiger partial charge in [0.2, 0.25) is 0 Å². The van der Waals surface area contributed by atoms with Crippen molar-refractivity contribution in [2.24, 2.45) is 4.99 Å². The zero-order valence-corrected chi connectivity index (χ0v) is 8.22. The van der Waals surface area contributed by atoms with Crippen molar-refractivity contribution >= 4 is 11.7 Å². The van der Waals surface area contributed by atoms with Crippen LogP contribution in [0.4, 0.5) is 4.79 Å². The summed E-state index contributed by atoms with van der Waals surface area (Å²) in [5.74, 6) is 0. The highest BCUT2D eigenvalue weighted by Gasteiger charge is 2.31. The third kappa shape index (κ3) is 1.65. The van der Waals surface area contributed by atoms with E-state index in [0.29, 0.717) is 6.54 Å². The van der Waals surface area contributed by atoms with Crippen LogP contribution >= 0.6 is 0 Å². The van der Waals surface area contributed by atoms with Gasteiger partial charge in [-0.05, 0) is 27.2 Å². The highest BCUT2D eigenvalue weighted by Crippen LogP contribution is 2.19. The topological polar surface area (TPSA) is 32.7 Å². The lowest BCUT2D eigenvalue weighted by Crippen LogP contribution is -2.42. The van der Waals surface area contributed by atoms with Crippen LogP contribution in [0, 0.1) is 0 Å². The Morgan fingerprint density at radius 1 is 1.50 bits per heavy atom. The van der Waals surface area contributed by atoms with E-state index in [0.717, 1.165) is 12.1 Å². The molecule has 0 N–H and O–H groups in total. The molecule has 1 heterocycles. The van der Waals surface area contributed by atoms with Crippen LogP contribution in [0.1, 0.15) is 34.1 Å². The van der Waals surface area contributed by atoms with Crippen LogP contribution in [0.25, 0.3) is 0 Å². The van der Waals surface area contributed by atoms with Gasteiger partial charge in [-0.2, -0.15) is 0 Å². The standard InChI is InChI=1S/C9H16N2O/c1-5-7-6-11(8(12)10-7)9(2,3)4/h5-6H2,1-4H3. The average Bonchev–Trinajstić information content (AvgIpc) is 2.29. The van der Waals surface area contributed by atoms with Gasteiger partial charge in [-0.25, -0.2) is 9.79 Å². The first kappa shape index (κ1) is 9.23. The molecule has 0 unspecified atom stereocenters. The van der Waals surface area contributed by atoms with E-state index in [1.165, 1.54) is 0 Å². The minimum Gasteiger partial charge on any atom is -0.313 e. The molecule has 0 aromatic carbocycles. The molecular formula is C9H16N2O. The number of aliphatic imine (C=N–C) groups is 1. The van der Waals surface area contributed by atoms with Crippen LogP contribution in [0.5, 0.6) is 0 Å². The van der Waals surface area contributed by atoms with Gasteiger partial charge < -0.3 is 4.90 Å². The summed E-state index contributed by atoms with van der Waals surface area (Å²) in [6, 6.07) is -0.0839. The molecule has 2 amide bonds. The second-order valence-corrected chi connectivity index (χ2v) is 4.07. The number of carbonyl (C=O) groups excluding carboxylic acids is 1. The molecule has 1 rings (SSSR count). The Morgan fingerprint density at radius 3 is 2.33 bits per heavy atom. The fraction of sp³-hybridized carbons (Fsp3) is 0.778. The van der Waals surface area contributed by atoms with Gasteiger partial charge in [0.25, 0.3) is 0 Å². The third-order valence-electron chi connectivity index (χ3n) is 2.04. The highest BCUT2D eigenvalue weighted by molar-refractivity contribution is 6.02. The molecule has 0 bridgehead atoms. The summed E-state index contributed by atoms with van der Waals surface area (Å²) >= 11 is 0. The molecule has 3 nitrogen and oxygen atoms in total. The highest BCUT2D eigenvalue weighted by atomic mass is 16.2. The lowest BCUT2D eigenvalue weighted by atomic mass is 10.1. The van der Waals surface area contributed by atoms with E-state index in [1.807, 2.05) is 27.7 Å². The molecule has 0 aromatic rings. The van der Waals surface area contributed by atoms with Crippen molar-refractivity contribution in [1.29, 1.82) is 0 Å². The lowest BCUT2D eigenvalue weighted by Gasteiger charge is -2.30. The molecule has 1 aliphatic rings. The SMILES string of the molecule is CCC1=NC(=O)N(C(C)(C)C)C1. The number of amides is 2. The molecule has 0 spiro atoms. The minimum atomic E-state index is -0.0997. The molecule has 0 aromatic heterocycles. The van der Waals surface area contributed by atoms with Crippen molar-refractivity contribution < 1.29 is 4.79 Å². The predicted molar refractivity (Wildman–Crippen MR) is 49.6 cm³/mol. The van der Waals surface area contributed by atoms with Gasteiger partial charge in [-0.1, -0.05) is 6.92 Å². The van der Waals surface area contributed by atoms with Crippen LogP contribution in [0.15, 0.2) is 4.99 Å². The summed E-state index contributed by atoms with van der Waals surface area (Å²) in [4.78, 5) is 17.1. The molecule has 1 aliphatic heterocycles. The van der Waals surface area contributed by atoms with Crippen molar-refractivity contribution in [3.8, 4) is 0 Å². The zero-order chi connectivity index (χ0) is 9.35. The van der Waals surface area contributed by atoms with Crippen LogP contribution in [0.3, 0.4) is 0 Å². The molecule has 12 heavy (non-hydrogen) atoms. The summed E-state index contributed by atoms with van der Waals surface area (Å²) < 4.78 is 0. The van der Waals surface area contributed by atoms with E-state index >= 15 is 0 Å². The monoisotopic (exact) mass is 168 g/mol. The largest absolute Gasteiger partial charge is 0.344 e. The molecule has 68 valence electrons. The summed E-state index contributed by atoms with van der Waals surface area (Å²) in [7, 11) is 0. The molecule has 0 saturated heterocycles. The molecular weight excluding hydrogens is 152 g/mol. The average molecular weight is 168 g/mol. The van der Waals surface area contributed by atoms with Crippen molar-refractivity contribution in [3.63, 3.8) is 0 Å². The maximum atomic E-state index is 11.3. The molecule has 0 radical (unpaired) electrons. The second kappa shape index (κ2) is 2.88. The number of nitrogens with zero attached hydrogens (tertiary/aromatic N) is 2. The Labute approximate surface area is 73.5 Å². The smallest absolute Gasteiger partial charge is 0.313 e. The quantitative estimate of drug-likeness (QED) is 0.590. The van der Waals surface area contributed by atoms with Crippen molar-refractivity contribution in [1.82, 2.24) is 4.90 Å². The maximum Gasteiger partial charge on any atom is 0.344 e.